The second-order valence-corrected chi connectivity index (χ2v) is 11.6. The molecule has 8 nitrogen and oxygen atoms in total. The lowest BCUT2D eigenvalue weighted by Gasteiger charge is -2.42. The van der Waals surface area contributed by atoms with Gasteiger partial charge in [-0.2, -0.15) is 0 Å². The quantitative estimate of drug-likeness (QED) is 0.390. The molecule has 2 aliphatic rings. The number of aliphatic hydroxyl groups is 1. The van der Waals surface area contributed by atoms with Crippen molar-refractivity contribution >= 4 is 11.8 Å². The molecule has 4 unspecified atom stereocenters. The van der Waals surface area contributed by atoms with Crippen LogP contribution in [-0.4, -0.2) is 81.3 Å². The van der Waals surface area contributed by atoms with Crippen molar-refractivity contribution in [2.75, 3.05) is 32.7 Å². The third kappa shape index (κ3) is 6.94. The number of alkyl halides is 1. The van der Waals surface area contributed by atoms with Crippen LogP contribution < -0.4 is 5.32 Å². The fourth-order valence-electron chi connectivity index (χ4n) is 6.24. The van der Waals surface area contributed by atoms with Gasteiger partial charge >= 0.3 is 0 Å². The maximum Gasteiger partial charge on any atom is 0.251 e. The fourth-order valence-corrected chi connectivity index (χ4v) is 6.24. The minimum absolute atomic E-state index is 0.0181. The van der Waals surface area contributed by atoms with E-state index in [4.69, 9.17) is 4.98 Å². The Morgan fingerprint density at radius 2 is 1.84 bits per heavy atom. The third-order valence-corrected chi connectivity index (χ3v) is 8.57. The van der Waals surface area contributed by atoms with Gasteiger partial charge in [-0.05, 0) is 49.4 Å². The van der Waals surface area contributed by atoms with E-state index < -0.39 is 41.8 Å². The van der Waals surface area contributed by atoms with Gasteiger partial charge in [-0.3, -0.25) is 9.59 Å². The van der Waals surface area contributed by atoms with Crippen LogP contribution >= 0.6 is 0 Å². The first-order valence-electron chi connectivity index (χ1n) is 14.8. The van der Waals surface area contributed by atoms with Gasteiger partial charge in [0.2, 0.25) is 5.91 Å². The molecule has 0 radical (unpaired) electrons. The maximum atomic E-state index is 15.0. The number of benzene rings is 2. The molecule has 2 aliphatic heterocycles. The Kier molecular flexibility index (Phi) is 9.51. The number of halogens is 3. The molecule has 2 aromatic carbocycles. The number of nitrogens with zero attached hydrogens (tertiary/aromatic N) is 4. The van der Waals surface area contributed by atoms with Crippen molar-refractivity contribution < 1.29 is 27.9 Å². The molecule has 11 heteroatoms. The minimum Gasteiger partial charge on any atom is -0.384 e. The Morgan fingerprint density at radius 3 is 2.47 bits per heavy atom. The molecule has 4 atom stereocenters. The number of amides is 2. The molecule has 2 amide bonds. The number of imidazole rings is 1. The van der Waals surface area contributed by atoms with E-state index in [0.29, 0.717) is 44.8 Å². The van der Waals surface area contributed by atoms with Gasteiger partial charge in [0.25, 0.3) is 5.91 Å². The Labute approximate surface area is 249 Å². The van der Waals surface area contributed by atoms with Gasteiger partial charge in [0.15, 0.2) is 0 Å². The summed E-state index contributed by atoms with van der Waals surface area (Å²) >= 11 is 0. The molecule has 3 heterocycles. The van der Waals surface area contributed by atoms with E-state index in [1.165, 1.54) is 18.7 Å². The van der Waals surface area contributed by atoms with Gasteiger partial charge in [-0.25, -0.2) is 18.2 Å². The Bertz CT molecular complexity index is 1420. The summed E-state index contributed by atoms with van der Waals surface area (Å²) in [4.78, 5) is 34.0. The average Bonchev–Trinajstić information content (AvgIpc) is 3.59. The number of piperidine rings is 1. The Balaban J connectivity index is 1.65. The topological polar surface area (TPSA) is 90.7 Å². The molecule has 0 spiro atoms. The smallest absolute Gasteiger partial charge is 0.251 e. The molecule has 2 fully saturated rings. The first kappa shape index (κ1) is 30.7. The van der Waals surface area contributed by atoms with Crippen LogP contribution in [0.3, 0.4) is 0 Å². The van der Waals surface area contributed by atoms with Crippen LogP contribution in [0.5, 0.6) is 0 Å². The first-order chi connectivity index (χ1) is 20.6. The summed E-state index contributed by atoms with van der Waals surface area (Å²) in [5, 5.41) is 13.6. The largest absolute Gasteiger partial charge is 0.384 e. The lowest BCUT2D eigenvalue weighted by molar-refractivity contribution is -0.145. The molecule has 2 saturated heterocycles. The average molecular weight is 598 g/mol. The molecule has 3 aromatic rings. The minimum atomic E-state index is -1.36. The standard InChI is InChI=1S/C32H38F3N5O3/c1-20(41)32(43)40(18-24-15-36-16-28(24)35)30(23-10-12-38(13-11-23)21(2)42)31-37-29(26-14-25(33)8-9-27(26)34)19-39(31)17-22-6-4-3-5-7-22/h3-9,14,19-20,23-24,28,30,36,41H,10-13,15-18H2,1-2H3. The van der Waals surface area contributed by atoms with Crippen molar-refractivity contribution in [3.8, 4) is 11.3 Å². The second kappa shape index (κ2) is 13.3. The van der Waals surface area contributed by atoms with Crippen molar-refractivity contribution in [1.82, 2.24) is 24.7 Å². The van der Waals surface area contributed by atoms with Gasteiger partial charge in [0, 0.05) is 63.9 Å². The highest BCUT2D eigenvalue weighted by Crippen LogP contribution is 2.38. The highest BCUT2D eigenvalue weighted by molar-refractivity contribution is 5.81. The number of hydrogen-bond donors (Lipinski definition) is 2. The van der Waals surface area contributed by atoms with Crippen LogP contribution in [-0.2, 0) is 16.1 Å². The van der Waals surface area contributed by atoms with Crippen LogP contribution in [0.25, 0.3) is 11.3 Å². The van der Waals surface area contributed by atoms with Gasteiger partial charge in [-0.15, -0.1) is 0 Å². The van der Waals surface area contributed by atoms with Gasteiger partial charge < -0.3 is 24.8 Å². The van der Waals surface area contributed by atoms with E-state index in [0.717, 1.165) is 23.8 Å². The number of rotatable bonds is 9. The summed E-state index contributed by atoms with van der Waals surface area (Å²) in [7, 11) is 0. The highest BCUT2D eigenvalue weighted by atomic mass is 19.1. The monoisotopic (exact) mass is 597 g/mol. The summed E-state index contributed by atoms with van der Waals surface area (Å²) in [5.41, 5.74) is 1.11. The van der Waals surface area contributed by atoms with E-state index >= 15 is 4.39 Å². The van der Waals surface area contributed by atoms with E-state index in [1.54, 1.807) is 11.1 Å². The molecular weight excluding hydrogens is 559 g/mol. The highest BCUT2D eigenvalue weighted by Gasteiger charge is 2.41. The zero-order valence-electron chi connectivity index (χ0n) is 24.4. The molecule has 1 aromatic heterocycles. The van der Waals surface area contributed by atoms with Crippen LogP contribution in [0.4, 0.5) is 13.2 Å². The lowest BCUT2D eigenvalue weighted by atomic mass is 9.86. The summed E-state index contributed by atoms with van der Waals surface area (Å²) in [6, 6.07) is 12.0. The molecule has 0 bridgehead atoms. The predicted octanol–water partition coefficient (Wildman–Crippen LogP) is 3.94. The van der Waals surface area contributed by atoms with Crippen molar-refractivity contribution in [3.05, 3.63) is 77.8 Å². The van der Waals surface area contributed by atoms with Crippen LogP contribution in [0.15, 0.2) is 54.7 Å². The molecule has 43 heavy (non-hydrogen) atoms. The lowest BCUT2D eigenvalue weighted by Crippen LogP contribution is -2.49. The Morgan fingerprint density at radius 1 is 1.12 bits per heavy atom. The molecule has 5 rings (SSSR count). The number of nitrogens with one attached hydrogen (secondary N) is 1. The summed E-state index contributed by atoms with van der Waals surface area (Å²) in [6.07, 6.45) is 0.197. The fraction of sp³-hybridized carbons (Fsp3) is 0.469. The van der Waals surface area contributed by atoms with E-state index in [-0.39, 0.29) is 36.2 Å². The summed E-state index contributed by atoms with van der Waals surface area (Å²) in [5.74, 6) is -2.13. The van der Waals surface area contributed by atoms with E-state index in [1.807, 2.05) is 34.9 Å². The van der Waals surface area contributed by atoms with E-state index in [2.05, 4.69) is 5.32 Å². The number of hydrogen-bond acceptors (Lipinski definition) is 5. The normalized spacial score (nSPS) is 20.7. The Hall–Kier alpha value is -3.70. The van der Waals surface area contributed by atoms with Crippen molar-refractivity contribution in [3.63, 3.8) is 0 Å². The zero-order valence-corrected chi connectivity index (χ0v) is 24.4. The molecule has 0 saturated carbocycles. The van der Waals surface area contributed by atoms with Gasteiger partial charge in [0.1, 0.15) is 29.7 Å². The maximum absolute atomic E-state index is 15.0. The third-order valence-electron chi connectivity index (χ3n) is 8.57. The van der Waals surface area contributed by atoms with Gasteiger partial charge in [0.05, 0.1) is 11.7 Å². The molecule has 0 aliphatic carbocycles. The molecule has 2 N–H and O–H groups in total. The van der Waals surface area contributed by atoms with Crippen molar-refractivity contribution in [2.45, 2.75) is 51.6 Å². The van der Waals surface area contributed by atoms with E-state index in [9.17, 15) is 23.5 Å². The predicted molar refractivity (Wildman–Crippen MR) is 155 cm³/mol. The van der Waals surface area contributed by atoms with Crippen molar-refractivity contribution in [2.24, 2.45) is 11.8 Å². The summed E-state index contributed by atoms with van der Waals surface area (Å²) in [6.45, 7) is 4.75. The van der Waals surface area contributed by atoms with Crippen LogP contribution in [0.2, 0.25) is 0 Å². The summed E-state index contributed by atoms with van der Waals surface area (Å²) < 4.78 is 46.0. The zero-order chi connectivity index (χ0) is 30.7. The molecule has 230 valence electrons. The first-order valence-corrected chi connectivity index (χ1v) is 14.8. The number of aromatic nitrogens is 2. The second-order valence-electron chi connectivity index (χ2n) is 11.6. The van der Waals surface area contributed by atoms with Crippen molar-refractivity contribution in [1.29, 1.82) is 0 Å². The molecular formula is C32H38F3N5O3. The number of carbonyl (C=O) groups is 2. The number of aliphatic hydroxyl groups excluding tert-OH is 1. The SMILES string of the molecule is CC(=O)N1CCC(C(c2nc(-c3cc(F)ccc3F)cn2Cc2ccccc2)N(CC2CNCC2F)C(=O)C(C)O)CC1. The van der Waals surface area contributed by atoms with Crippen LogP contribution in [0, 0.1) is 23.5 Å². The van der Waals surface area contributed by atoms with Crippen LogP contribution in [0.1, 0.15) is 44.1 Å². The van der Waals surface area contributed by atoms with Gasteiger partial charge in [-0.1, -0.05) is 30.3 Å². The number of carbonyl (C=O) groups excluding carboxylic acids is 2. The number of likely N-dealkylation sites (tertiary alicyclic amines) is 1.